The van der Waals surface area contributed by atoms with Crippen LogP contribution in [0, 0.1) is 0 Å². The number of nitrogens with zero attached hydrogens (tertiary/aromatic N) is 1. The van der Waals surface area contributed by atoms with Gasteiger partial charge in [0, 0.05) is 6.42 Å². The Kier molecular flexibility index (Phi) is 51.2. The third-order valence-electron chi connectivity index (χ3n) is 13.5. The van der Waals surface area contributed by atoms with Gasteiger partial charge >= 0.3 is 0 Å². The zero-order valence-corrected chi connectivity index (χ0v) is 47.9. The molecule has 2 N–H and O–H groups in total. The lowest BCUT2D eigenvalue weighted by Gasteiger charge is -2.29. The van der Waals surface area contributed by atoms with Crippen molar-refractivity contribution in [1.82, 2.24) is 5.32 Å². The number of rotatable bonds is 55. The van der Waals surface area contributed by atoms with E-state index < -0.39 is 26.6 Å². The van der Waals surface area contributed by atoms with E-state index in [9.17, 15) is 19.4 Å². The van der Waals surface area contributed by atoms with Crippen molar-refractivity contribution >= 4 is 13.7 Å². The van der Waals surface area contributed by atoms with Crippen molar-refractivity contribution in [3.05, 3.63) is 48.6 Å². The van der Waals surface area contributed by atoms with Crippen LogP contribution in [0.1, 0.15) is 284 Å². The number of quaternary nitrogens is 1. The Bertz CT molecular complexity index is 1280. The van der Waals surface area contributed by atoms with E-state index in [0.717, 1.165) is 44.9 Å². The number of hydrogen-bond donors (Lipinski definition) is 2. The van der Waals surface area contributed by atoms with Crippen LogP contribution in [0.15, 0.2) is 48.6 Å². The quantitative estimate of drug-likeness (QED) is 0.0272. The molecule has 0 saturated heterocycles. The summed E-state index contributed by atoms with van der Waals surface area (Å²) in [4.78, 5) is 25.5. The Morgan fingerprint density at radius 1 is 0.486 bits per heavy atom. The molecule has 3 atom stereocenters. The average molecular weight is 1010 g/mol. The number of nitrogens with one attached hydrogen (secondary N) is 1. The highest BCUT2D eigenvalue weighted by molar-refractivity contribution is 7.45. The SMILES string of the molecule is CCCCCCCCC/C=C\CCCCCCCCCC(=O)NC(COP(=O)([O-])OCC[N+](C)(C)C)C(O)/C=C/CC/C=C/CC/C=C/CCCCCCCCCCCCCCCCCCCCCC. The zero-order valence-electron chi connectivity index (χ0n) is 47.0. The van der Waals surface area contributed by atoms with Gasteiger partial charge in [0.1, 0.15) is 13.2 Å². The minimum atomic E-state index is -4.61. The number of carbonyl (C=O) groups is 1. The highest BCUT2D eigenvalue weighted by Gasteiger charge is 2.23. The smallest absolute Gasteiger partial charge is 0.268 e. The molecule has 0 rings (SSSR count). The van der Waals surface area contributed by atoms with Gasteiger partial charge in [-0.25, -0.2) is 0 Å². The largest absolute Gasteiger partial charge is 0.756 e. The molecule has 0 aromatic rings. The molecule has 8 nitrogen and oxygen atoms in total. The molecule has 1 amide bonds. The van der Waals surface area contributed by atoms with Crippen LogP contribution in [0.25, 0.3) is 0 Å². The van der Waals surface area contributed by atoms with Gasteiger partial charge in [-0.15, -0.1) is 0 Å². The van der Waals surface area contributed by atoms with Crippen molar-refractivity contribution in [3.8, 4) is 0 Å². The molecule has 0 aliphatic heterocycles. The summed E-state index contributed by atoms with van der Waals surface area (Å²) in [6, 6.07) is -0.913. The lowest BCUT2D eigenvalue weighted by atomic mass is 10.0. The van der Waals surface area contributed by atoms with Gasteiger partial charge in [0.05, 0.1) is 39.9 Å². The molecule has 0 fully saturated rings. The molecule has 0 aromatic heterocycles. The predicted octanol–water partition coefficient (Wildman–Crippen LogP) is 17.7. The first-order valence-corrected chi connectivity index (χ1v) is 31.5. The maximum Gasteiger partial charge on any atom is 0.268 e. The van der Waals surface area contributed by atoms with Crippen molar-refractivity contribution in [2.45, 2.75) is 296 Å². The Hall–Kier alpha value is -1.54. The van der Waals surface area contributed by atoms with Crippen molar-refractivity contribution in [2.75, 3.05) is 40.9 Å². The van der Waals surface area contributed by atoms with E-state index in [1.165, 1.54) is 218 Å². The van der Waals surface area contributed by atoms with Gasteiger partial charge < -0.3 is 28.8 Å². The van der Waals surface area contributed by atoms with Crippen LogP contribution in [-0.4, -0.2) is 68.5 Å². The molecule has 0 spiro atoms. The number of hydrogen-bond acceptors (Lipinski definition) is 6. The molecule has 0 heterocycles. The van der Waals surface area contributed by atoms with E-state index in [0.29, 0.717) is 17.4 Å². The molecule has 9 heteroatoms. The second kappa shape index (κ2) is 52.3. The zero-order chi connectivity index (χ0) is 51.3. The highest BCUT2D eigenvalue weighted by atomic mass is 31.2. The summed E-state index contributed by atoms with van der Waals surface area (Å²) in [7, 11) is 1.24. The van der Waals surface area contributed by atoms with Crippen LogP contribution in [0.3, 0.4) is 0 Å². The number of allylic oxidation sites excluding steroid dienone is 7. The van der Waals surface area contributed by atoms with Crippen molar-refractivity contribution in [3.63, 3.8) is 0 Å². The van der Waals surface area contributed by atoms with Crippen molar-refractivity contribution in [2.24, 2.45) is 0 Å². The summed E-state index contributed by atoms with van der Waals surface area (Å²) < 4.78 is 23.3. The number of phosphoric ester groups is 1. The van der Waals surface area contributed by atoms with Gasteiger partial charge in [0.15, 0.2) is 0 Å². The normalized spacial score (nSPS) is 14.2. The Morgan fingerprint density at radius 3 is 1.16 bits per heavy atom. The number of phosphoric acid groups is 1. The molecule has 0 aliphatic rings. The van der Waals surface area contributed by atoms with Gasteiger partial charge in [-0.3, -0.25) is 9.36 Å². The van der Waals surface area contributed by atoms with Crippen LogP contribution < -0.4 is 10.2 Å². The second-order valence-electron chi connectivity index (χ2n) is 21.7. The topological polar surface area (TPSA) is 108 Å². The van der Waals surface area contributed by atoms with Gasteiger partial charge in [-0.1, -0.05) is 255 Å². The van der Waals surface area contributed by atoms with Crippen molar-refractivity contribution < 1.29 is 32.9 Å². The molecule has 3 unspecified atom stereocenters. The Labute approximate surface area is 435 Å². The second-order valence-corrected chi connectivity index (χ2v) is 23.1. The number of aliphatic hydroxyl groups is 1. The number of unbranched alkanes of at least 4 members (excludes halogenated alkanes) is 36. The minimum Gasteiger partial charge on any atom is -0.756 e. The molecule has 412 valence electrons. The Morgan fingerprint density at radius 2 is 0.800 bits per heavy atom. The molecular formula is C61H117N2O6P. The van der Waals surface area contributed by atoms with E-state index in [1.54, 1.807) is 6.08 Å². The Balaban J connectivity index is 4.22. The van der Waals surface area contributed by atoms with Gasteiger partial charge in [-0.2, -0.15) is 0 Å². The van der Waals surface area contributed by atoms with Gasteiger partial charge in [-0.05, 0) is 70.6 Å². The summed E-state index contributed by atoms with van der Waals surface area (Å²) in [5.41, 5.74) is 0. The first kappa shape index (κ1) is 68.5. The van der Waals surface area contributed by atoms with E-state index in [-0.39, 0.29) is 12.5 Å². The summed E-state index contributed by atoms with van der Waals surface area (Å²) in [5.74, 6) is -0.214. The molecule has 0 aromatic carbocycles. The first-order valence-electron chi connectivity index (χ1n) is 30.0. The number of carbonyl (C=O) groups excluding carboxylic acids is 1. The molecular weight excluding hydrogens is 888 g/mol. The van der Waals surface area contributed by atoms with Crippen molar-refractivity contribution in [1.29, 1.82) is 0 Å². The standard InChI is InChI=1S/C61H117N2O6P/c1-6-8-10-12-14-16-18-20-22-24-26-27-28-29-30-31-32-33-34-35-36-37-38-40-42-44-46-48-50-52-54-60(64)59(58-69-70(66,67)68-57-56-63(3,4)5)62-61(65)55-53-51-49-47-45-43-41-39-25-23-21-19-17-15-13-11-9-7-2/h23,25,37-38,44,46,52,54,59-60,64H,6-22,24,26-36,39-43,45,47-51,53,55-58H2,1-5H3,(H-,62,65,66,67)/b25-23-,38-37+,46-44+,54-52+. The van der Waals surface area contributed by atoms with E-state index >= 15 is 0 Å². The van der Waals surface area contributed by atoms with Crippen LogP contribution in [-0.2, 0) is 18.4 Å². The minimum absolute atomic E-state index is 0.0103. The lowest BCUT2D eigenvalue weighted by Crippen LogP contribution is -2.45. The third-order valence-corrected chi connectivity index (χ3v) is 14.5. The maximum absolute atomic E-state index is 12.9. The van der Waals surface area contributed by atoms with Gasteiger partial charge in [0.2, 0.25) is 5.91 Å². The van der Waals surface area contributed by atoms with E-state index in [2.05, 4.69) is 55.6 Å². The molecule has 70 heavy (non-hydrogen) atoms. The number of aliphatic hydroxyl groups excluding tert-OH is 1. The highest BCUT2D eigenvalue weighted by Crippen LogP contribution is 2.38. The number of amides is 1. The van der Waals surface area contributed by atoms with Crippen LogP contribution >= 0.6 is 7.82 Å². The molecule has 0 bridgehead atoms. The maximum atomic E-state index is 12.9. The predicted molar refractivity (Wildman–Crippen MR) is 302 cm³/mol. The molecule has 0 aliphatic carbocycles. The summed E-state index contributed by atoms with van der Waals surface area (Å²) in [6.07, 6.45) is 69.2. The van der Waals surface area contributed by atoms with Crippen LogP contribution in [0.5, 0.6) is 0 Å². The molecule has 0 radical (unpaired) electrons. The van der Waals surface area contributed by atoms with E-state index in [1.807, 2.05) is 27.2 Å². The summed E-state index contributed by atoms with van der Waals surface area (Å²) in [6.45, 7) is 4.64. The van der Waals surface area contributed by atoms with Crippen LogP contribution in [0.2, 0.25) is 0 Å². The van der Waals surface area contributed by atoms with Gasteiger partial charge in [0.25, 0.3) is 7.82 Å². The molecule has 0 saturated carbocycles. The number of likely N-dealkylation sites (N-methyl/N-ethyl adjacent to an activating group) is 1. The summed E-state index contributed by atoms with van der Waals surface area (Å²) in [5, 5.41) is 13.9. The first-order chi connectivity index (χ1) is 34.0. The third kappa shape index (κ3) is 54.2. The average Bonchev–Trinajstić information content (AvgIpc) is 3.32. The fraction of sp³-hybridized carbons (Fsp3) is 0.852. The van der Waals surface area contributed by atoms with E-state index in [4.69, 9.17) is 9.05 Å². The monoisotopic (exact) mass is 1000 g/mol. The lowest BCUT2D eigenvalue weighted by molar-refractivity contribution is -0.870. The fourth-order valence-corrected chi connectivity index (χ4v) is 9.49. The summed E-state index contributed by atoms with van der Waals surface area (Å²) >= 11 is 0. The van der Waals surface area contributed by atoms with Crippen LogP contribution in [0.4, 0.5) is 0 Å². The fourth-order valence-electron chi connectivity index (χ4n) is 8.77.